The molecule has 4 nitrogen and oxygen atoms in total. The van der Waals surface area contributed by atoms with Gasteiger partial charge in [-0.2, -0.15) is 0 Å². The van der Waals surface area contributed by atoms with Gasteiger partial charge in [-0.25, -0.2) is 0 Å². The van der Waals surface area contributed by atoms with Crippen LogP contribution in [0.15, 0.2) is 42.5 Å². The molecule has 126 valence electrons. The summed E-state index contributed by atoms with van der Waals surface area (Å²) in [5.74, 6) is 5.32. The van der Waals surface area contributed by atoms with E-state index in [9.17, 15) is 4.79 Å². The number of aliphatic hydroxyl groups excluding tert-OH is 1. The van der Waals surface area contributed by atoms with Crippen LogP contribution in [0.3, 0.4) is 0 Å². The smallest absolute Gasteiger partial charge is 0.261 e. The minimum Gasteiger partial charge on any atom is -0.384 e. The fraction of sp³-hybridized carbons (Fsp3) is 0.316. The molecule has 1 heterocycles. The lowest BCUT2D eigenvalue weighted by Gasteiger charge is -2.16. The van der Waals surface area contributed by atoms with Crippen LogP contribution in [0, 0.1) is 11.8 Å². The van der Waals surface area contributed by atoms with Crippen molar-refractivity contribution in [3.8, 4) is 11.8 Å². The first-order chi connectivity index (χ1) is 11.7. The SMILES string of the molecule is CN(CCCNC(=O)c1ccc(C#CCO)s1)Cc1ccccc1. The first-order valence-electron chi connectivity index (χ1n) is 7.89. The zero-order valence-corrected chi connectivity index (χ0v) is 14.6. The fourth-order valence-electron chi connectivity index (χ4n) is 2.27. The third-order valence-corrected chi connectivity index (χ3v) is 4.42. The summed E-state index contributed by atoms with van der Waals surface area (Å²) in [5, 5.41) is 11.6. The summed E-state index contributed by atoms with van der Waals surface area (Å²) in [7, 11) is 2.08. The van der Waals surface area contributed by atoms with Crippen molar-refractivity contribution in [3.05, 3.63) is 57.8 Å². The van der Waals surface area contributed by atoms with E-state index in [2.05, 4.69) is 41.2 Å². The lowest BCUT2D eigenvalue weighted by Crippen LogP contribution is -2.27. The Hall–Kier alpha value is -2.13. The van der Waals surface area contributed by atoms with Gasteiger partial charge in [0.15, 0.2) is 0 Å². The van der Waals surface area contributed by atoms with E-state index in [0.717, 1.165) is 24.4 Å². The number of aliphatic hydroxyl groups is 1. The fourth-order valence-corrected chi connectivity index (χ4v) is 3.06. The Labute approximate surface area is 147 Å². The molecule has 1 amide bonds. The number of carbonyl (C=O) groups is 1. The van der Waals surface area contributed by atoms with Crippen LogP contribution in [0.1, 0.15) is 26.5 Å². The second kappa shape index (κ2) is 9.89. The van der Waals surface area contributed by atoms with Crippen LogP contribution in [0.5, 0.6) is 0 Å². The van der Waals surface area contributed by atoms with Crippen molar-refractivity contribution in [2.75, 3.05) is 26.7 Å². The number of nitrogens with one attached hydrogen (secondary N) is 1. The molecular weight excluding hydrogens is 320 g/mol. The Morgan fingerprint density at radius 3 is 2.79 bits per heavy atom. The van der Waals surface area contributed by atoms with Gasteiger partial charge in [0.2, 0.25) is 0 Å². The molecule has 5 heteroatoms. The van der Waals surface area contributed by atoms with Crippen molar-refractivity contribution in [2.24, 2.45) is 0 Å². The minimum absolute atomic E-state index is 0.0669. The maximum absolute atomic E-state index is 12.1. The van der Waals surface area contributed by atoms with Gasteiger partial charge in [-0.1, -0.05) is 42.2 Å². The Kier molecular flexibility index (Phi) is 7.50. The van der Waals surface area contributed by atoms with Gasteiger partial charge in [0.25, 0.3) is 5.91 Å². The third kappa shape index (κ3) is 6.17. The van der Waals surface area contributed by atoms with Crippen LogP contribution >= 0.6 is 11.3 Å². The first-order valence-corrected chi connectivity index (χ1v) is 8.71. The Morgan fingerprint density at radius 2 is 2.04 bits per heavy atom. The van der Waals surface area contributed by atoms with Crippen LogP contribution in [0.2, 0.25) is 0 Å². The van der Waals surface area contributed by atoms with Gasteiger partial charge in [0.05, 0.1) is 9.75 Å². The average molecular weight is 342 g/mol. The van der Waals surface area contributed by atoms with E-state index in [-0.39, 0.29) is 12.5 Å². The van der Waals surface area contributed by atoms with E-state index >= 15 is 0 Å². The van der Waals surface area contributed by atoms with E-state index in [1.807, 2.05) is 18.2 Å². The maximum Gasteiger partial charge on any atom is 0.261 e. The Balaban J connectivity index is 1.68. The van der Waals surface area contributed by atoms with Crippen molar-refractivity contribution >= 4 is 17.2 Å². The van der Waals surface area contributed by atoms with Gasteiger partial charge >= 0.3 is 0 Å². The van der Waals surface area contributed by atoms with E-state index in [4.69, 9.17) is 5.11 Å². The number of nitrogens with zero attached hydrogens (tertiary/aromatic N) is 1. The van der Waals surface area contributed by atoms with Crippen LogP contribution in [0.25, 0.3) is 0 Å². The topological polar surface area (TPSA) is 52.6 Å². The summed E-state index contributed by atoms with van der Waals surface area (Å²) in [6.07, 6.45) is 0.900. The molecule has 1 aromatic heterocycles. The molecule has 0 radical (unpaired) electrons. The Morgan fingerprint density at radius 1 is 1.25 bits per heavy atom. The van der Waals surface area contributed by atoms with Crippen molar-refractivity contribution in [1.29, 1.82) is 0 Å². The van der Waals surface area contributed by atoms with E-state index < -0.39 is 0 Å². The number of carbonyl (C=O) groups excluding carboxylic acids is 1. The molecule has 2 N–H and O–H groups in total. The number of hydrogen-bond donors (Lipinski definition) is 2. The molecule has 0 fully saturated rings. The number of thiophene rings is 1. The molecule has 1 aromatic carbocycles. The highest BCUT2D eigenvalue weighted by Gasteiger charge is 2.08. The summed E-state index contributed by atoms with van der Waals surface area (Å²) in [5.41, 5.74) is 1.29. The molecule has 2 rings (SSSR count). The molecular formula is C19H22N2O2S. The summed E-state index contributed by atoms with van der Waals surface area (Å²) >= 11 is 1.34. The van der Waals surface area contributed by atoms with Crippen LogP contribution < -0.4 is 5.32 Å². The van der Waals surface area contributed by atoms with Gasteiger partial charge in [-0.05, 0) is 37.7 Å². The van der Waals surface area contributed by atoms with Crippen LogP contribution in [-0.2, 0) is 6.54 Å². The van der Waals surface area contributed by atoms with Crippen molar-refractivity contribution in [1.82, 2.24) is 10.2 Å². The molecule has 2 aromatic rings. The molecule has 0 spiro atoms. The minimum atomic E-state index is -0.171. The molecule has 0 aliphatic heterocycles. The van der Waals surface area contributed by atoms with Crippen molar-refractivity contribution in [2.45, 2.75) is 13.0 Å². The Bertz CT molecular complexity index is 701. The summed E-state index contributed by atoms with van der Waals surface area (Å²) < 4.78 is 0. The highest BCUT2D eigenvalue weighted by Crippen LogP contribution is 2.15. The molecule has 0 saturated carbocycles. The molecule has 0 aliphatic carbocycles. The van der Waals surface area contributed by atoms with Gasteiger partial charge < -0.3 is 15.3 Å². The van der Waals surface area contributed by atoms with E-state index in [1.165, 1.54) is 16.9 Å². The quantitative estimate of drug-likeness (QED) is 0.600. The zero-order valence-electron chi connectivity index (χ0n) is 13.8. The molecule has 0 saturated heterocycles. The van der Waals surface area contributed by atoms with E-state index in [1.54, 1.807) is 12.1 Å². The highest BCUT2D eigenvalue weighted by atomic mass is 32.1. The van der Waals surface area contributed by atoms with Gasteiger partial charge in [-0.15, -0.1) is 11.3 Å². The van der Waals surface area contributed by atoms with Gasteiger partial charge in [-0.3, -0.25) is 4.79 Å². The predicted octanol–water partition coefficient (Wildman–Crippen LogP) is 2.34. The first kappa shape index (κ1) is 18.2. The number of rotatable bonds is 7. The zero-order chi connectivity index (χ0) is 17.2. The lowest BCUT2D eigenvalue weighted by molar-refractivity contribution is 0.0956. The lowest BCUT2D eigenvalue weighted by atomic mass is 10.2. The summed E-state index contributed by atoms with van der Waals surface area (Å²) in [6.45, 7) is 2.31. The van der Waals surface area contributed by atoms with Crippen molar-refractivity contribution in [3.63, 3.8) is 0 Å². The normalized spacial score (nSPS) is 10.3. The third-order valence-electron chi connectivity index (χ3n) is 3.42. The molecule has 0 bridgehead atoms. The largest absolute Gasteiger partial charge is 0.384 e. The summed E-state index contributed by atoms with van der Waals surface area (Å²) in [4.78, 5) is 15.7. The predicted molar refractivity (Wildman–Crippen MR) is 98.0 cm³/mol. The van der Waals surface area contributed by atoms with Crippen LogP contribution in [-0.4, -0.2) is 42.7 Å². The molecule has 0 unspecified atom stereocenters. The second-order valence-electron chi connectivity index (χ2n) is 5.46. The standard InChI is InChI=1S/C19H22N2O2S/c1-21(15-16-7-3-2-4-8-16)13-6-12-20-19(23)18-11-10-17(24-18)9-5-14-22/h2-4,7-8,10-11,22H,6,12-15H2,1H3,(H,20,23). The number of benzene rings is 1. The van der Waals surface area contributed by atoms with E-state index in [0.29, 0.717) is 11.4 Å². The second-order valence-corrected chi connectivity index (χ2v) is 6.54. The molecule has 0 atom stereocenters. The molecule has 0 aliphatic rings. The summed E-state index contributed by atoms with van der Waals surface area (Å²) in [6, 6.07) is 13.9. The highest BCUT2D eigenvalue weighted by molar-refractivity contribution is 7.14. The number of amides is 1. The molecule has 24 heavy (non-hydrogen) atoms. The van der Waals surface area contributed by atoms with Gasteiger partial charge in [0.1, 0.15) is 6.61 Å². The average Bonchev–Trinajstić information content (AvgIpc) is 3.06. The van der Waals surface area contributed by atoms with Crippen LogP contribution in [0.4, 0.5) is 0 Å². The van der Waals surface area contributed by atoms with Gasteiger partial charge in [0, 0.05) is 13.1 Å². The maximum atomic E-state index is 12.1. The number of hydrogen-bond acceptors (Lipinski definition) is 4. The van der Waals surface area contributed by atoms with Crippen molar-refractivity contribution < 1.29 is 9.90 Å². The monoisotopic (exact) mass is 342 g/mol.